The number of anilines is 1. The molecule has 1 aliphatic heterocycles. The van der Waals surface area contributed by atoms with Crippen LogP contribution in [0.3, 0.4) is 0 Å². The molecule has 0 bridgehead atoms. The van der Waals surface area contributed by atoms with Gasteiger partial charge in [0.15, 0.2) is 0 Å². The summed E-state index contributed by atoms with van der Waals surface area (Å²) in [6.45, 7) is 0.772. The highest BCUT2D eigenvalue weighted by atomic mass is 16.5. The van der Waals surface area contributed by atoms with Crippen LogP contribution < -0.4 is 15.4 Å². The van der Waals surface area contributed by atoms with Gasteiger partial charge in [0.1, 0.15) is 5.75 Å². The summed E-state index contributed by atoms with van der Waals surface area (Å²) in [7, 11) is 1.57. The number of benzene rings is 1. The molecule has 0 atom stereocenters. The monoisotopic (exact) mass is 235 g/mol. The number of primary amides is 1. The molecule has 6 heteroatoms. The molecule has 2 rings (SSSR count). The van der Waals surface area contributed by atoms with Crippen LogP contribution in [0.1, 0.15) is 0 Å². The minimum absolute atomic E-state index is 0.320. The maximum absolute atomic E-state index is 11.8. The molecule has 2 N–H and O–H groups in total. The van der Waals surface area contributed by atoms with E-state index in [2.05, 4.69) is 0 Å². The molecule has 90 valence electrons. The van der Waals surface area contributed by atoms with Crippen LogP contribution in [0.4, 0.5) is 15.3 Å². The molecule has 17 heavy (non-hydrogen) atoms. The standard InChI is InChI=1S/C11H13N3O3/c1-17-9-4-2-8(3-5-9)13-6-7-14(10(12)15)11(13)16/h2-5H,6-7H2,1H3,(H2,12,15). The molecule has 1 aromatic carbocycles. The SMILES string of the molecule is COc1ccc(N2CCN(C(N)=O)C2=O)cc1. The molecule has 0 spiro atoms. The Morgan fingerprint density at radius 1 is 1.29 bits per heavy atom. The third-order valence-corrected chi connectivity index (χ3v) is 2.66. The highest BCUT2D eigenvalue weighted by molar-refractivity contribution is 6.03. The first-order valence-corrected chi connectivity index (χ1v) is 5.16. The van der Waals surface area contributed by atoms with Crippen LogP contribution in [0, 0.1) is 0 Å². The predicted molar refractivity (Wildman–Crippen MR) is 62.0 cm³/mol. The number of hydrogen-bond acceptors (Lipinski definition) is 3. The molecule has 0 saturated carbocycles. The fraction of sp³-hybridized carbons (Fsp3) is 0.273. The van der Waals surface area contributed by atoms with Crippen molar-refractivity contribution in [3.63, 3.8) is 0 Å². The minimum Gasteiger partial charge on any atom is -0.497 e. The Morgan fingerprint density at radius 2 is 1.94 bits per heavy atom. The van der Waals surface area contributed by atoms with Crippen molar-refractivity contribution in [3.05, 3.63) is 24.3 Å². The van der Waals surface area contributed by atoms with Gasteiger partial charge in [-0.15, -0.1) is 0 Å². The number of nitrogens with two attached hydrogens (primary N) is 1. The Hall–Kier alpha value is -2.24. The van der Waals surface area contributed by atoms with Crippen LogP contribution in [0.25, 0.3) is 0 Å². The van der Waals surface area contributed by atoms with Crippen LogP contribution in [0.2, 0.25) is 0 Å². The van der Waals surface area contributed by atoms with Crippen LogP contribution in [-0.2, 0) is 0 Å². The minimum atomic E-state index is -0.717. The highest BCUT2D eigenvalue weighted by Crippen LogP contribution is 2.22. The summed E-state index contributed by atoms with van der Waals surface area (Å²) in [4.78, 5) is 25.3. The predicted octanol–water partition coefficient (Wildman–Crippen LogP) is 1.02. The number of carbonyl (C=O) groups excluding carboxylic acids is 2. The molecule has 0 radical (unpaired) electrons. The van der Waals surface area contributed by atoms with Crippen molar-refractivity contribution in [1.82, 2.24) is 4.90 Å². The molecule has 6 nitrogen and oxygen atoms in total. The van der Waals surface area contributed by atoms with Gasteiger partial charge in [0.25, 0.3) is 0 Å². The third-order valence-electron chi connectivity index (χ3n) is 2.66. The van der Waals surface area contributed by atoms with Gasteiger partial charge in [0.05, 0.1) is 13.7 Å². The second-order valence-corrected chi connectivity index (χ2v) is 3.62. The van der Waals surface area contributed by atoms with Crippen LogP contribution in [-0.4, -0.2) is 37.2 Å². The molecule has 4 amide bonds. The van der Waals surface area contributed by atoms with E-state index < -0.39 is 6.03 Å². The summed E-state index contributed by atoms with van der Waals surface area (Å²) in [6, 6.07) is 5.95. The van der Waals surface area contributed by atoms with Gasteiger partial charge < -0.3 is 10.5 Å². The quantitative estimate of drug-likeness (QED) is 0.831. The molecular formula is C11H13N3O3. The summed E-state index contributed by atoms with van der Waals surface area (Å²) in [5.41, 5.74) is 5.82. The lowest BCUT2D eigenvalue weighted by atomic mass is 10.3. The van der Waals surface area contributed by atoms with E-state index >= 15 is 0 Å². The number of urea groups is 2. The van der Waals surface area contributed by atoms with Crippen molar-refractivity contribution in [1.29, 1.82) is 0 Å². The largest absolute Gasteiger partial charge is 0.497 e. The Balaban J connectivity index is 2.18. The zero-order valence-electron chi connectivity index (χ0n) is 9.42. The van der Waals surface area contributed by atoms with Crippen molar-refractivity contribution in [3.8, 4) is 5.75 Å². The van der Waals surface area contributed by atoms with E-state index in [1.54, 1.807) is 31.4 Å². The smallest absolute Gasteiger partial charge is 0.332 e. The molecule has 1 fully saturated rings. The van der Waals surface area contributed by atoms with Crippen molar-refractivity contribution in [2.24, 2.45) is 5.73 Å². The van der Waals surface area contributed by atoms with E-state index in [4.69, 9.17) is 10.5 Å². The molecular weight excluding hydrogens is 222 g/mol. The summed E-state index contributed by atoms with van der Waals surface area (Å²) in [6.07, 6.45) is 0. The van der Waals surface area contributed by atoms with Gasteiger partial charge in [0.2, 0.25) is 0 Å². The molecule has 1 aliphatic rings. The average molecular weight is 235 g/mol. The zero-order valence-corrected chi connectivity index (χ0v) is 9.42. The molecule has 0 aliphatic carbocycles. The van der Waals surface area contributed by atoms with Crippen LogP contribution >= 0.6 is 0 Å². The van der Waals surface area contributed by atoms with Gasteiger partial charge in [-0.05, 0) is 24.3 Å². The van der Waals surface area contributed by atoms with Crippen molar-refractivity contribution in [2.75, 3.05) is 25.1 Å². The van der Waals surface area contributed by atoms with Gasteiger partial charge >= 0.3 is 12.1 Å². The average Bonchev–Trinajstić information content (AvgIpc) is 2.71. The van der Waals surface area contributed by atoms with E-state index in [-0.39, 0.29) is 6.03 Å². The Morgan fingerprint density at radius 3 is 2.41 bits per heavy atom. The number of rotatable bonds is 2. The Labute approximate surface area is 98.5 Å². The Kier molecular flexibility index (Phi) is 2.86. The van der Waals surface area contributed by atoms with E-state index in [0.717, 1.165) is 10.6 Å². The van der Waals surface area contributed by atoms with Gasteiger partial charge in [-0.3, -0.25) is 4.90 Å². The number of ether oxygens (including phenoxy) is 1. The summed E-state index contributed by atoms with van der Waals surface area (Å²) < 4.78 is 5.03. The fourth-order valence-electron chi connectivity index (χ4n) is 1.74. The van der Waals surface area contributed by atoms with Crippen molar-refractivity contribution in [2.45, 2.75) is 0 Å². The number of carbonyl (C=O) groups is 2. The molecule has 1 saturated heterocycles. The van der Waals surface area contributed by atoms with Gasteiger partial charge in [-0.2, -0.15) is 0 Å². The highest BCUT2D eigenvalue weighted by Gasteiger charge is 2.32. The lowest BCUT2D eigenvalue weighted by molar-refractivity contribution is 0.206. The van der Waals surface area contributed by atoms with E-state index in [9.17, 15) is 9.59 Å². The normalized spacial score (nSPS) is 15.2. The number of amides is 4. The number of imide groups is 1. The first-order chi connectivity index (χ1) is 8.13. The van der Waals surface area contributed by atoms with Crippen LogP contribution in [0.5, 0.6) is 5.75 Å². The second kappa shape index (κ2) is 4.32. The first kappa shape index (κ1) is 11.3. The fourth-order valence-corrected chi connectivity index (χ4v) is 1.74. The van der Waals surface area contributed by atoms with Gasteiger partial charge in [-0.25, -0.2) is 14.5 Å². The summed E-state index contributed by atoms with van der Waals surface area (Å²) >= 11 is 0. The summed E-state index contributed by atoms with van der Waals surface area (Å²) in [5, 5.41) is 0. The summed E-state index contributed by atoms with van der Waals surface area (Å²) in [5.74, 6) is 0.715. The number of hydrogen-bond donors (Lipinski definition) is 1. The van der Waals surface area contributed by atoms with Gasteiger partial charge in [0, 0.05) is 12.2 Å². The number of methoxy groups -OCH3 is 1. The maximum atomic E-state index is 11.8. The lowest BCUT2D eigenvalue weighted by Gasteiger charge is -2.16. The Bertz CT molecular complexity index is 444. The van der Waals surface area contributed by atoms with Crippen LogP contribution in [0.15, 0.2) is 24.3 Å². The second-order valence-electron chi connectivity index (χ2n) is 3.62. The zero-order chi connectivity index (χ0) is 12.4. The van der Waals surface area contributed by atoms with Crippen molar-refractivity contribution < 1.29 is 14.3 Å². The topological polar surface area (TPSA) is 75.9 Å². The van der Waals surface area contributed by atoms with Gasteiger partial charge in [-0.1, -0.05) is 0 Å². The molecule has 0 aromatic heterocycles. The first-order valence-electron chi connectivity index (χ1n) is 5.16. The molecule has 1 heterocycles. The number of nitrogens with zero attached hydrogens (tertiary/aromatic N) is 2. The maximum Gasteiger partial charge on any atom is 0.332 e. The molecule has 1 aromatic rings. The van der Waals surface area contributed by atoms with E-state index in [0.29, 0.717) is 18.8 Å². The lowest BCUT2D eigenvalue weighted by Crippen LogP contribution is -2.39. The van der Waals surface area contributed by atoms with Crippen molar-refractivity contribution >= 4 is 17.7 Å². The van der Waals surface area contributed by atoms with E-state index in [1.165, 1.54) is 4.90 Å². The third kappa shape index (κ3) is 2.01. The van der Waals surface area contributed by atoms with E-state index in [1.807, 2.05) is 0 Å². The molecule has 0 unspecified atom stereocenters.